The molecule has 0 aromatic heterocycles. The van der Waals surface area contributed by atoms with E-state index in [9.17, 15) is 4.79 Å². The topological polar surface area (TPSA) is 43.5 Å². The van der Waals surface area contributed by atoms with Gasteiger partial charge in [-0.05, 0) is 19.4 Å². The third kappa shape index (κ3) is 4.40. The summed E-state index contributed by atoms with van der Waals surface area (Å²) in [7, 11) is 0. The first-order chi connectivity index (χ1) is 7.68. The van der Waals surface area contributed by atoms with Crippen LogP contribution >= 0.6 is 0 Å². The fraction of sp³-hybridized carbons (Fsp3) is 0.385. The fourth-order valence-electron chi connectivity index (χ4n) is 1.50. The van der Waals surface area contributed by atoms with Gasteiger partial charge >= 0.3 is 58.2 Å². The van der Waals surface area contributed by atoms with Crippen molar-refractivity contribution in [2.45, 2.75) is 33.7 Å². The normalized spacial score (nSPS) is 17.3. The summed E-state index contributed by atoms with van der Waals surface area (Å²) in [5.41, 5.74) is 2.55. The minimum Gasteiger partial charge on any atom is -0.624 e. The molecule has 0 N–H and O–H groups in total. The first-order valence-electron chi connectivity index (χ1n) is 5.58. The van der Waals surface area contributed by atoms with Crippen molar-refractivity contribution in [1.29, 1.82) is 0 Å². The van der Waals surface area contributed by atoms with Gasteiger partial charge in [0.15, 0.2) is 0 Å². The molecule has 0 aliphatic carbocycles. The van der Waals surface area contributed by atoms with E-state index >= 15 is 0 Å². The molecule has 17 heavy (non-hydrogen) atoms. The molecule has 0 bridgehead atoms. The summed E-state index contributed by atoms with van der Waals surface area (Å²) >= 11 is 0. The minimum absolute atomic E-state index is 0. The first-order valence-corrected chi connectivity index (χ1v) is 5.58. The van der Waals surface area contributed by atoms with Gasteiger partial charge < -0.3 is 10.1 Å². The second kappa shape index (κ2) is 8.30. The summed E-state index contributed by atoms with van der Waals surface area (Å²) in [4.78, 5) is 15.7. The van der Waals surface area contributed by atoms with Gasteiger partial charge in [-0.25, -0.2) is 0 Å². The minimum atomic E-state index is -0.359. The third-order valence-electron chi connectivity index (χ3n) is 2.27. The predicted octanol–water partition coefficient (Wildman–Crippen LogP) is 0.460. The number of hydrogen-bond donors (Lipinski definition) is 0. The Morgan fingerprint density at radius 3 is 2.47 bits per heavy atom. The Hall–Kier alpha value is 0.165. The Kier molecular flexibility index (Phi) is 8.38. The molecule has 1 aliphatic rings. The van der Waals surface area contributed by atoms with Crippen molar-refractivity contribution in [2.75, 3.05) is 0 Å². The van der Waals surface area contributed by atoms with Crippen LogP contribution in [-0.4, -0.2) is 17.7 Å². The van der Waals surface area contributed by atoms with Crippen molar-refractivity contribution in [3.63, 3.8) is 0 Å². The molecular formula is C13H17N2ORb. The van der Waals surface area contributed by atoms with Crippen LogP contribution in [0, 0.1) is 0 Å². The number of carbonyl (C=O) groups excluding carboxylic acids is 1. The molecular weight excluding hydrogens is 286 g/mol. The van der Waals surface area contributed by atoms with Crippen molar-refractivity contribution in [2.24, 2.45) is 4.99 Å². The molecule has 0 saturated carbocycles. The van der Waals surface area contributed by atoms with E-state index < -0.39 is 0 Å². The van der Waals surface area contributed by atoms with E-state index in [0.717, 1.165) is 17.0 Å². The van der Waals surface area contributed by atoms with E-state index in [1.165, 1.54) is 0 Å². The quantitative estimate of drug-likeness (QED) is 0.687. The van der Waals surface area contributed by atoms with Gasteiger partial charge in [-0.2, -0.15) is 0 Å². The predicted molar refractivity (Wildman–Crippen MR) is 67.5 cm³/mol. The standard InChI is InChI=1S/C11H12N2O.C2H6.Rb/c1-7-9-5-3-4-6-10(9)13-11(14)8(2)12-7;1-2;/h3-6,8H,1-2H3,(H,12,13,14);1-2H3;/q;;+1/p-1. The zero-order valence-electron chi connectivity index (χ0n) is 11.2. The Bertz CT molecular complexity index is 416. The molecule has 86 valence electrons. The maximum atomic E-state index is 11.4. The molecule has 0 radical (unpaired) electrons. The molecule has 0 spiro atoms. The number of benzene rings is 1. The van der Waals surface area contributed by atoms with Gasteiger partial charge in [-0.3, -0.25) is 4.99 Å². The smallest absolute Gasteiger partial charge is 0.624 e. The molecule has 1 aliphatic heterocycles. The number of aliphatic imine (C=N–C) groups is 1. The molecule has 1 amide bonds. The van der Waals surface area contributed by atoms with E-state index in [1.54, 1.807) is 6.92 Å². The third-order valence-corrected chi connectivity index (χ3v) is 2.27. The molecule has 4 heteroatoms. The zero-order valence-corrected chi connectivity index (χ0v) is 16.1. The van der Waals surface area contributed by atoms with E-state index in [1.807, 2.05) is 45.0 Å². The van der Waals surface area contributed by atoms with E-state index in [2.05, 4.69) is 10.3 Å². The average molecular weight is 303 g/mol. The van der Waals surface area contributed by atoms with Gasteiger partial charge in [0.1, 0.15) is 0 Å². The summed E-state index contributed by atoms with van der Waals surface area (Å²) in [6.07, 6.45) is 0. The molecule has 0 fully saturated rings. The molecule has 1 aromatic carbocycles. The molecule has 2 rings (SSSR count). The van der Waals surface area contributed by atoms with Crippen molar-refractivity contribution < 1.29 is 63.0 Å². The molecule has 1 unspecified atom stereocenters. The summed E-state index contributed by atoms with van der Waals surface area (Å²) in [6.45, 7) is 7.67. The molecule has 1 aromatic rings. The number of carbonyl (C=O) groups is 1. The van der Waals surface area contributed by atoms with Crippen LogP contribution in [0.1, 0.15) is 33.3 Å². The van der Waals surface area contributed by atoms with Crippen LogP contribution in [0.2, 0.25) is 0 Å². The van der Waals surface area contributed by atoms with Gasteiger partial charge in [0.2, 0.25) is 0 Å². The zero-order chi connectivity index (χ0) is 12.1. The van der Waals surface area contributed by atoms with Gasteiger partial charge in [0.25, 0.3) is 0 Å². The second-order valence-electron chi connectivity index (χ2n) is 3.36. The van der Waals surface area contributed by atoms with Gasteiger partial charge in [0, 0.05) is 5.71 Å². The van der Waals surface area contributed by atoms with Crippen molar-refractivity contribution in [3.8, 4) is 0 Å². The summed E-state index contributed by atoms with van der Waals surface area (Å²) in [6, 6.07) is 7.21. The fourth-order valence-corrected chi connectivity index (χ4v) is 1.50. The Morgan fingerprint density at radius 2 is 1.82 bits per heavy atom. The number of fused-ring (bicyclic) bond motifs is 1. The van der Waals surface area contributed by atoms with Gasteiger partial charge in [-0.15, -0.1) is 5.69 Å². The number of hydrogen-bond acceptors (Lipinski definition) is 2. The monoisotopic (exact) mass is 302 g/mol. The Morgan fingerprint density at radius 1 is 1.24 bits per heavy atom. The average Bonchev–Trinajstić information content (AvgIpc) is 2.41. The molecule has 3 nitrogen and oxygen atoms in total. The summed E-state index contributed by atoms with van der Waals surface area (Å²) in [5.74, 6) is -0.172. The maximum Gasteiger partial charge on any atom is 1.00 e. The van der Waals surface area contributed by atoms with Crippen LogP contribution < -0.4 is 58.2 Å². The van der Waals surface area contributed by atoms with Crippen LogP contribution in [0.15, 0.2) is 29.3 Å². The van der Waals surface area contributed by atoms with Crippen molar-refractivity contribution in [1.82, 2.24) is 0 Å². The van der Waals surface area contributed by atoms with Crippen molar-refractivity contribution in [3.05, 3.63) is 35.1 Å². The van der Waals surface area contributed by atoms with Crippen LogP contribution in [-0.2, 0) is 4.79 Å². The molecule has 0 saturated heterocycles. The van der Waals surface area contributed by atoms with E-state index in [4.69, 9.17) is 0 Å². The first kappa shape index (κ1) is 17.2. The second-order valence-corrected chi connectivity index (χ2v) is 3.36. The number of amides is 1. The maximum absolute atomic E-state index is 11.4. The molecule has 1 atom stereocenters. The Labute approximate surface area is 152 Å². The number of benzodiazepines with no additional fused rings is 1. The van der Waals surface area contributed by atoms with E-state index in [-0.39, 0.29) is 70.1 Å². The van der Waals surface area contributed by atoms with Crippen LogP contribution in [0.5, 0.6) is 0 Å². The number of nitrogens with zero attached hydrogens (tertiary/aromatic N) is 2. The van der Waals surface area contributed by atoms with Gasteiger partial charge in [0.05, 0.1) is 11.9 Å². The van der Waals surface area contributed by atoms with Crippen molar-refractivity contribution >= 4 is 17.3 Å². The van der Waals surface area contributed by atoms with Crippen LogP contribution in [0.25, 0.3) is 5.32 Å². The Balaban J connectivity index is 0.000000811. The summed E-state index contributed by atoms with van der Waals surface area (Å²) in [5, 5.41) is 4.02. The number of para-hydroxylation sites is 1. The van der Waals surface area contributed by atoms with E-state index in [0.29, 0.717) is 0 Å². The van der Waals surface area contributed by atoms with Gasteiger partial charge in [-0.1, -0.05) is 38.1 Å². The number of rotatable bonds is 0. The SMILES string of the molecule is CC.CC1=NC(C)C(=O)[N-]c2ccccc21.[Rb+]. The largest absolute Gasteiger partial charge is 1.00 e. The summed E-state index contributed by atoms with van der Waals surface area (Å²) < 4.78 is 0. The van der Waals surface area contributed by atoms with Crippen LogP contribution in [0.3, 0.4) is 0 Å². The molecule has 1 heterocycles. The van der Waals surface area contributed by atoms with Crippen LogP contribution in [0.4, 0.5) is 5.69 Å².